The van der Waals surface area contributed by atoms with Gasteiger partial charge in [-0.3, -0.25) is 4.79 Å². The molecule has 0 heterocycles. The number of hydrogen-bond acceptors (Lipinski definition) is 4. The lowest BCUT2D eigenvalue weighted by Gasteiger charge is -2.27. The molecule has 0 unspecified atom stereocenters. The Bertz CT molecular complexity index is 962. The number of hydrogen-bond donors (Lipinski definition) is 3. The van der Waals surface area contributed by atoms with Crippen molar-refractivity contribution in [3.63, 3.8) is 0 Å². The minimum absolute atomic E-state index is 0.473. The maximum Gasteiger partial charge on any atom is 0.281 e. The van der Waals surface area contributed by atoms with Crippen LogP contribution in [-0.4, -0.2) is 24.3 Å². The number of nitrogens with zero attached hydrogens (tertiary/aromatic N) is 1. The second kappa shape index (κ2) is 9.68. The van der Waals surface area contributed by atoms with Crippen molar-refractivity contribution in [2.75, 3.05) is 12.4 Å². The molecule has 1 amide bonds. The predicted molar refractivity (Wildman–Crippen MR) is 133 cm³/mol. The summed E-state index contributed by atoms with van der Waals surface area (Å²) in [6.45, 7) is 0. The fraction of sp³-hybridized carbons (Fsp3) is 0.0909. The second-order valence-corrected chi connectivity index (χ2v) is 8.58. The van der Waals surface area contributed by atoms with Crippen LogP contribution >= 0.6 is 45.2 Å². The van der Waals surface area contributed by atoms with Gasteiger partial charge in [0.15, 0.2) is 5.60 Å². The van der Waals surface area contributed by atoms with E-state index in [1.165, 1.54) is 0 Å². The first-order chi connectivity index (χ1) is 14.0. The summed E-state index contributed by atoms with van der Waals surface area (Å²) < 4.78 is 2.10. The van der Waals surface area contributed by atoms with Crippen molar-refractivity contribution in [3.8, 4) is 0 Å². The summed E-state index contributed by atoms with van der Waals surface area (Å²) in [5, 5.41) is 18.6. The van der Waals surface area contributed by atoms with E-state index in [0.29, 0.717) is 11.1 Å². The van der Waals surface area contributed by atoms with Crippen LogP contribution in [0.5, 0.6) is 0 Å². The Morgan fingerprint density at radius 2 is 1.45 bits per heavy atom. The summed E-state index contributed by atoms with van der Waals surface area (Å²) in [5.41, 5.74) is 3.49. The molecule has 0 radical (unpaired) electrons. The monoisotopic (exact) mass is 611 g/mol. The topological polar surface area (TPSA) is 73.7 Å². The molecule has 0 spiro atoms. The molecule has 3 aromatic carbocycles. The van der Waals surface area contributed by atoms with Crippen LogP contribution in [-0.2, 0) is 10.4 Å². The molecule has 0 aliphatic carbocycles. The molecule has 0 fully saturated rings. The van der Waals surface area contributed by atoms with E-state index < -0.39 is 11.5 Å². The largest absolute Gasteiger partial charge is 0.386 e. The second-order valence-electron chi connectivity index (χ2n) is 6.25. The number of benzene rings is 3. The molecule has 0 saturated carbocycles. The zero-order valence-corrected chi connectivity index (χ0v) is 19.9. The summed E-state index contributed by atoms with van der Waals surface area (Å²) in [4.78, 5) is 13.0. The number of carbonyl (C=O) groups is 1. The highest BCUT2D eigenvalue weighted by molar-refractivity contribution is 14.1. The van der Waals surface area contributed by atoms with E-state index >= 15 is 0 Å². The number of rotatable bonds is 6. The molecule has 0 atom stereocenters. The number of hydrazone groups is 1. The van der Waals surface area contributed by atoms with Gasteiger partial charge >= 0.3 is 0 Å². The molecule has 0 aliphatic rings. The molecule has 3 N–H and O–H groups in total. The quantitative estimate of drug-likeness (QED) is 0.221. The van der Waals surface area contributed by atoms with E-state index in [0.717, 1.165) is 18.4 Å². The van der Waals surface area contributed by atoms with Gasteiger partial charge in [0.1, 0.15) is 0 Å². The molecule has 7 heteroatoms. The van der Waals surface area contributed by atoms with Crippen molar-refractivity contribution in [3.05, 3.63) is 96.6 Å². The Labute approximate surface area is 196 Å². The highest BCUT2D eigenvalue weighted by atomic mass is 127. The maximum atomic E-state index is 13.0. The molecule has 0 bridgehead atoms. The molecular weight excluding hydrogens is 592 g/mol. The predicted octanol–water partition coefficient (Wildman–Crippen LogP) is 4.32. The zero-order chi connectivity index (χ0) is 20.9. The number of halogens is 2. The number of carbonyl (C=O) groups excluding carboxylic acids is 1. The van der Waals surface area contributed by atoms with Crippen LogP contribution in [0.2, 0.25) is 0 Å². The van der Waals surface area contributed by atoms with E-state index in [1.54, 1.807) is 54.7 Å². The third kappa shape index (κ3) is 4.78. The molecule has 0 aliphatic heterocycles. The molecule has 148 valence electrons. The Morgan fingerprint density at radius 1 is 0.966 bits per heavy atom. The van der Waals surface area contributed by atoms with E-state index in [-0.39, 0.29) is 0 Å². The van der Waals surface area contributed by atoms with Crippen LogP contribution in [0.3, 0.4) is 0 Å². The van der Waals surface area contributed by atoms with Gasteiger partial charge in [0.2, 0.25) is 0 Å². The molecular formula is C22H19I2N3O2. The summed E-state index contributed by atoms with van der Waals surface area (Å²) >= 11 is 4.50. The first kappa shape index (κ1) is 21.7. The fourth-order valence-corrected chi connectivity index (χ4v) is 5.30. The van der Waals surface area contributed by atoms with Gasteiger partial charge in [-0.05, 0) is 74.0 Å². The first-order valence-electron chi connectivity index (χ1n) is 8.80. The first-order valence-corrected chi connectivity index (χ1v) is 11.0. The average Bonchev–Trinajstić information content (AvgIpc) is 2.74. The summed E-state index contributed by atoms with van der Waals surface area (Å²) in [6, 6.07) is 21.6. The van der Waals surface area contributed by atoms with E-state index in [1.807, 2.05) is 31.3 Å². The van der Waals surface area contributed by atoms with Crippen LogP contribution in [0.4, 0.5) is 5.69 Å². The molecule has 0 saturated heterocycles. The summed E-state index contributed by atoms with van der Waals surface area (Å²) in [5.74, 6) is -0.623. The fourth-order valence-electron chi connectivity index (χ4n) is 2.94. The van der Waals surface area contributed by atoms with E-state index in [4.69, 9.17) is 0 Å². The standard InChI is InChI=1S/C22H19I2N3O2/c1-25-20-18(23)12-15(13-19(20)24)14-26-27-21(28)22(29,16-8-4-2-5-9-16)17-10-6-3-7-11-17/h2-14,25,29H,1H3,(H,27,28)/b26-14-. The Morgan fingerprint density at radius 3 is 1.90 bits per heavy atom. The van der Waals surface area contributed by atoms with Crippen LogP contribution in [0.1, 0.15) is 16.7 Å². The zero-order valence-electron chi connectivity index (χ0n) is 15.6. The van der Waals surface area contributed by atoms with Crippen molar-refractivity contribution in [2.24, 2.45) is 5.10 Å². The van der Waals surface area contributed by atoms with Crippen molar-refractivity contribution < 1.29 is 9.90 Å². The highest BCUT2D eigenvalue weighted by Gasteiger charge is 2.39. The number of aliphatic hydroxyl groups is 1. The van der Waals surface area contributed by atoms with Crippen LogP contribution in [0, 0.1) is 7.14 Å². The van der Waals surface area contributed by atoms with Crippen molar-refractivity contribution in [1.29, 1.82) is 0 Å². The van der Waals surface area contributed by atoms with Crippen molar-refractivity contribution in [2.45, 2.75) is 5.60 Å². The smallest absolute Gasteiger partial charge is 0.281 e. The molecule has 3 aromatic rings. The highest BCUT2D eigenvalue weighted by Crippen LogP contribution is 2.30. The lowest BCUT2D eigenvalue weighted by Crippen LogP contribution is -2.43. The lowest BCUT2D eigenvalue weighted by molar-refractivity contribution is -0.136. The van der Waals surface area contributed by atoms with E-state index in [2.05, 4.69) is 61.0 Å². The van der Waals surface area contributed by atoms with Gasteiger partial charge in [-0.15, -0.1) is 0 Å². The van der Waals surface area contributed by atoms with Gasteiger partial charge < -0.3 is 10.4 Å². The Kier molecular flexibility index (Phi) is 7.25. The third-order valence-electron chi connectivity index (χ3n) is 4.41. The third-order valence-corrected chi connectivity index (χ3v) is 6.11. The van der Waals surface area contributed by atoms with Gasteiger partial charge in [-0.2, -0.15) is 5.10 Å². The number of amides is 1. The van der Waals surface area contributed by atoms with Gasteiger partial charge in [0.05, 0.1) is 11.9 Å². The van der Waals surface area contributed by atoms with Crippen LogP contribution in [0.15, 0.2) is 77.9 Å². The van der Waals surface area contributed by atoms with Crippen LogP contribution < -0.4 is 10.7 Å². The van der Waals surface area contributed by atoms with Gasteiger partial charge in [-0.25, -0.2) is 5.43 Å². The molecule has 0 aromatic heterocycles. The van der Waals surface area contributed by atoms with Gasteiger partial charge in [0.25, 0.3) is 5.91 Å². The van der Waals surface area contributed by atoms with Gasteiger partial charge in [-0.1, -0.05) is 60.7 Å². The summed E-state index contributed by atoms with van der Waals surface area (Å²) in [6.07, 6.45) is 1.57. The van der Waals surface area contributed by atoms with Crippen molar-refractivity contribution >= 4 is 63.0 Å². The van der Waals surface area contributed by atoms with Gasteiger partial charge in [0, 0.05) is 14.2 Å². The Balaban J connectivity index is 1.88. The molecule has 5 nitrogen and oxygen atoms in total. The normalized spacial score (nSPS) is 11.4. The number of nitrogens with one attached hydrogen (secondary N) is 2. The van der Waals surface area contributed by atoms with Crippen molar-refractivity contribution in [1.82, 2.24) is 5.43 Å². The lowest BCUT2D eigenvalue weighted by atomic mass is 9.85. The Hall–Kier alpha value is -1.98. The van der Waals surface area contributed by atoms with E-state index in [9.17, 15) is 9.90 Å². The minimum Gasteiger partial charge on any atom is -0.386 e. The van der Waals surface area contributed by atoms with Crippen LogP contribution in [0.25, 0.3) is 0 Å². The minimum atomic E-state index is -1.85. The molecule has 3 rings (SSSR count). The molecule has 29 heavy (non-hydrogen) atoms. The SMILES string of the molecule is CNc1c(I)cc(/C=N\NC(=O)C(O)(c2ccccc2)c2ccccc2)cc1I. The maximum absolute atomic E-state index is 13.0. The summed E-state index contributed by atoms with van der Waals surface area (Å²) in [7, 11) is 1.88. The number of anilines is 1. The average molecular weight is 611 g/mol.